The number of nitrogens with two attached hydrogens (primary N) is 1. The predicted molar refractivity (Wildman–Crippen MR) is 108 cm³/mol. The highest BCUT2D eigenvalue weighted by Crippen LogP contribution is 2.47. The van der Waals surface area contributed by atoms with Crippen molar-refractivity contribution in [2.45, 2.75) is 39.8 Å². The summed E-state index contributed by atoms with van der Waals surface area (Å²) in [5.41, 5.74) is 6.11. The van der Waals surface area contributed by atoms with Crippen LogP contribution in [0, 0.1) is 5.92 Å². The standard InChI is InChI=1S/C17H30N5O6P/c1-12(2)17(3,4)28-29(23,24)11-26-7-6-22-10-19-13-14(18)20-16(21-15(13)22)27-9-8-25-5/h10,12H,6-9,11H2,1-5H3,(H,23,24)(H2,18,20,21). The Morgan fingerprint density at radius 1 is 1.28 bits per heavy atom. The van der Waals surface area contributed by atoms with Gasteiger partial charge in [-0.25, -0.2) is 4.98 Å². The van der Waals surface area contributed by atoms with E-state index in [2.05, 4.69) is 15.0 Å². The third-order valence-electron chi connectivity index (χ3n) is 4.49. The molecule has 2 aromatic heterocycles. The fraction of sp³-hybridized carbons (Fsp3) is 0.706. The number of aromatic nitrogens is 4. The maximum Gasteiger partial charge on any atom is 0.354 e. The summed E-state index contributed by atoms with van der Waals surface area (Å²) < 4.78 is 35.0. The molecule has 0 saturated carbocycles. The summed E-state index contributed by atoms with van der Waals surface area (Å²) in [4.78, 5) is 22.6. The van der Waals surface area contributed by atoms with E-state index in [1.807, 2.05) is 13.8 Å². The van der Waals surface area contributed by atoms with Crippen molar-refractivity contribution >= 4 is 24.6 Å². The van der Waals surface area contributed by atoms with Crippen LogP contribution in [0.1, 0.15) is 27.7 Å². The van der Waals surface area contributed by atoms with Crippen molar-refractivity contribution < 1.29 is 28.2 Å². The van der Waals surface area contributed by atoms with Crippen LogP contribution in [0.2, 0.25) is 0 Å². The van der Waals surface area contributed by atoms with Crippen molar-refractivity contribution in [3.63, 3.8) is 0 Å². The lowest BCUT2D eigenvalue weighted by Crippen LogP contribution is -2.30. The first-order valence-electron chi connectivity index (χ1n) is 9.26. The second kappa shape index (κ2) is 9.82. The molecule has 0 fully saturated rings. The van der Waals surface area contributed by atoms with Crippen LogP contribution in [0.25, 0.3) is 11.2 Å². The summed E-state index contributed by atoms with van der Waals surface area (Å²) in [5, 5.41) is 0. The molecule has 2 rings (SSSR count). The highest BCUT2D eigenvalue weighted by molar-refractivity contribution is 7.52. The number of ether oxygens (including phenoxy) is 3. The van der Waals surface area contributed by atoms with E-state index in [0.717, 1.165) is 0 Å². The van der Waals surface area contributed by atoms with Crippen LogP contribution in [0.3, 0.4) is 0 Å². The Bertz CT molecular complexity index is 856. The van der Waals surface area contributed by atoms with Crippen molar-refractivity contribution in [3.8, 4) is 6.01 Å². The van der Waals surface area contributed by atoms with Crippen LogP contribution < -0.4 is 10.5 Å². The van der Waals surface area contributed by atoms with Gasteiger partial charge in [0.05, 0.1) is 25.1 Å². The Morgan fingerprint density at radius 2 is 2.00 bits per heavy atom. The number of hydrogen-bond acceptors (Lipinski definition) is 9. The van der Waals surface area contributed by atoms with E-state index in [1.54, 1.807) is 31.9 Å². The summed E-state index contributed by atoms with van der Waals surface area (Å²) in [7, 11) is -2.31. The molecule has 0 aliphatic heterocycles. The number of rotatable bonds is 12. The van der Waals surface area contributed by atoms with Crippen molar-refractivity contribution in [3.05, 3.63) is 6.33 Å². The number of methoxy groups -OCH3 is 1. The summed E-state index contributed by atoms with van der Waals surface area (Å²) >= 11 is 0. The van der Waals surface area contributed by atoms with Crippen LogP contribution in [-0.4, -0.2) is 63.3 Å². The van der Waals surface area contributed by atoms with Crippen LogP contribution in [0.5, 0.6) is 6.01 Å². The summed E-state index contributed by atoms with van der Waals surface area (Å²) in [5.74, 6) is 0.275. The van der Waals surface area contributed by atoms with Crippen LogP contribution in [-0.2, 0) is 25.1 Å². The molecule has 0 radical (unpaired) electrons. The minimum absolute atomic E-state index is 0.0748. The molecule has 1 unspecified atom stereocenters. The van der Waals surface area contributed by atoms with Gasteiger partial charge in [-0.05, 0) is 19.8 Å². The second-order valence-electron chi connectivity index (χ2n) is 7.37. The molecule has 0 spiro atoms. The van der Waals surface area contributed by atoms with Crippen molar-refractivity contribution in [1.82, 2.24) is 19.5 Å². The molecule has 0 aliphatic rings. The van der Waals surface area contributed by atoms with Gasteiger partial charge in [-0.2, -0.15) is 9.97 Å². The van der Waals surface area contributed by atoms with Crippen molar-refractivity contribution in [1.29, 1.82) is 0 Å². The number of anilines is 1. The SMILES string of the molecule is COCCOc1nc(N)c2ncn(CCOCP(=O)(O)OC(C)(C)C(C)C)c2n1. The Hall–Kier alpha value is -1.78. The molecule has 0 aromatic carbocycles. The van der Waals surface area contributed by atoms with E-state index < -0.39 is 19.5 Å². The average molecular weight is 431 g/mol. The van der Waals surface area contributed by atoms with Gasteiger partial charge in [-0.3, -0.25) is 4.57 Å². The molecule has 29 heavy (non-hydrogen) atoms. The molecule has 2 heterocycles. The first-order chi connectivity index (χ1) is 13.6. The lowest BCUT2D eigenvalue weighted by Gasteiger charge is -2.31. The van der Waals surface area contributed by atoms with Crippen molar-refractivity contribution in [2.24, 2.45) is 5.92 Å². The summed E-state index contributed by atoms with van der Waals surface area (Å²) in [6.07, 6.45) is 1.15. The molecule has 164 valence electrons. The minimum Gasteiger partial charge on any atom is -0.461 e. The van der Waals surface area contributed by atoms with Gasteiger partial charge >= 0.3 is 13.6 Å². The minimum atomic E-state index is -3.88. The van der Waals surface area contributed by atoms with E-state index >= 15 is 0 Å². The van der Waals surface area contributed by atoms with E-state index in [-0.39, 0.29) is 31.0 Å². The molecule has 11 nitrogen and oxygen atoms in total. The highest BCUT2D eigenvalue weighted by Gasteiger charge is 2.33. The van der Waals surface area contributed by atoms with Gasteiger partial charge in [0.15, 0.2) is 17.0 Å². The quantitative estimate of drug-likeness (QED) is 0.378. The topological polar surface area (TPSA) is 144 Å². The first kappa shape index (κ1) is 23.5. The molecule has 3 N–H and O–H groups in total. The molecular weight excluding hydrogens is 401 g/mol. The molecule has 0 bridgehead atoms. The second-order valence-corrected chi connectivity index (χ2v) is 9.08. The maximum absolute atomic E-state index is 12.2. The molecule has 0 saturated heterocycles. The average Bonchev–Trinajstić information content (AvgIpc) is 3.01. The molecule has 2 aromatic rings. The summed E-state index contributed by atoms with van der Waals surface area (Å²) in [6, 6.07) is 0.124. The van der Waals surface area contributed by atoms with Gasteiger partial charge in [0, 0.05) is 13.7 Å². The monoisotopic (exact) mass is 431 g/mol. The number of imidazole rings is 1. The van der Waals surface area contributed by atoms with E-state index in [1.165, 1.54) is 0 Å². The smallest absolute Gasteiger partial charge is 0.354 e. The van der Waals surface area contributed by atoms with Crippen LogP contribution >= 0.6 is 7.60 Å². The van der Waals surface area contributed by atoms with Crippen LogP contribution in [0.15, 0.2) is 6.33 Å². The molecule has 0 amide bonds. The Morgan fingerprint density at radius 3 is 2.66 bits per heavy atom. The largest absolute Gasteiger partial charge is 0.461 e. The fourth-order valence-corrected chi connectivity index (χ4v) is 3.59. The third kappa shape index (κ3) is 6.61. The predicted octanol–water partition coefficient (Wildman–Crippen LogP) is 2.04. The lowest BCUT2D eigenvalue weighted by molar-refractivity contribution is 0.0350. The van der Waals surface area contributed by atoms with Gasteiger partial charge in [0.25, 0.3) is 0 Å². The number of nitrogens with zero attached hydrogens (tertiary/aromatic N) is 4. The molecule has 1 atom stereocenters. The Kier molecular flexibility index (Phi) is 7.95. The van der Waals surface area contributed by atoms with E-state index in [4.69, 9.17) is 24.5 Å². The van der Waals surface area contributed by atoms with E-state index in [9.17, 15) is 9.46 Å². The zero-order chi connectivity index (χ0) is 21.7. The zero-order valence-corrected chi connectivity index (χ0v) is 18.4. The Labute approximate surface area is 170 Å². The normalized spacial score (nSPS) is 14.4. The van der Waals surface area contributed by atoms with Gasteiger partial charge < -0.3 is 33.9 Å². The van der Waals surface area contributed by atoms with Gasteiger partial charge in [0.1, 0.15) is 13.0 Å². The fourth-order valence-electron chi connectivity index (χ4n) is 2.23. The van der Waals surface area contributed by atoms with Gasteiger partial charge in [-0.15, -0.1) is 0 Å². The maximum atomic E-state index is 12.2. The summed E-state index contributed by atoms with van der Waals surface area (Å²) in [6.45, 7) is 8.58. The molecular formula is C17H30N5O6P. The highest BCUT2D eigenvalue weighted by atomic mass is 31.2. The van der Waals surface area contributed by atoms with Gasteiger partial charge in [-0.1, -0.05) is 13.8 Å². The first-order valence-corrected chi connectivity index (χ1v) is 11.0. The number of nitrogen functional groups attached to an aromatic ring is 1. The molecule has 0 aliphatic carbocycles. The lowest BCUT2D eigenvalue weighted by atomic mass is 9.95. The van der Waals surface area contributed by atoms with Crippen molar-refractivity contribution in [2.75, 3.05) is 39.0 Å². The Balaban J connectivity index is 1.96. The number of hydrogen-bond donors (Lipinski definition) is 2. The van der Waals surface area contributed by atoms with Gasteiger partial charge in [0.2, 0.25) is 0 Å². The van der Waals surface area contributed by atoms with Crippen LogP contribution in [0.4, 0.5) is 5.82 Å². The zero-order valence-electron chi connectivity index (χ0n) is 17.5. The number of fused-ring (bicyclic) bond motifs is 1. The third-order valence-corrected chi connectivity index (χ3v) is 5.75. The molecule has 12 heteroatoms. The van der Waals surface area contributed by atoms with E-state index in [0.29, 0.717) is 24.3 Å².